The summed E-state index contributed by atoms with van der Waals surface area (Å²) in [5.74, 6) is 2.37. The highest BCUT2D eigenvalue weighted by molar-refractivity contribution is 5.78. The number of carbonyl (C=O) groups is 2. The van der Waals surface area contributed by atoms with Gasteiger partial charge in [-0.1, -0.05) is 36.8 Å². The molecular weight excluding hydrogens is 314 g/mol. The van der Waals surface area contributed by atoms with Crippen LogP contribution >= 0.6 is 0 Å². The van der Waals surface area contributed by atoms with Gasteiger partial charge in [0.05, 0.1) is 0 Å². The maximum Gasteiger partial charge on any atom is 0.315 e. The van der Waals surface area contributed by atoms with Crippen LogP contribution in [0.1, 0.15) is 44.6 Å². The van der Waals surface area contributed by atoms with Crippen LogP contribution in [-0.2, 0) is 11.3 Å². The summed E-state index contributed by atoms with van der Waals surface area (Å²) in [5.41, 5.74) is 1.05. The summed E-state index contributed by atoms with van der Waals surface area (Å²) < 4.78 is 0. The number of carbonyl (C=O) groups excluding carboxylic acids is 2. The Hall–Kier alpha value is -2.04. The van der Waals surface area contributed by atoms with Crippen LogP contribution in [0.15, 0.2) is 30.3 Å². The lowest BCUT2D eigenvalue weighted by atomic mass is 9.84. The number of benzene rings is 1. The Morgan fingerprint density at radius 2 is 1.92 bits per heavy atom. The van der Waals surface area contributed by atoms with Crippen molar-refractivity contribution in [3.8, 4) is 0 Å². The maximum absolute atomic E-state index is 12.1. The maximum atomic E-state index is 12.1. The first kappa shape index (κ1) is 17.8. The monoisotopic (exact) mass is 343 g/mol. The van der Waals surface area contributed by atoms with E-state index in [0.717, 1.165) is 17.4 Å². The molecule has 0 spiro atoms. The SMILES string of the molecule is C[C@@H](NC(=O)CCNC(=O)NCc1ccccc1)[C@H]1C[C@H]2CC[C@H]1C2. The van der Waals surface area contributed by atoms with Crippen LogP contribution in [0.5, 0.6) is 0 Å². The first-order chi connectivity index (χ1) is 12.1. The van der Waals surface area contributed by atoms with Crippen molar-refractivity contribution in [2.24, 2.45) is 17.8 Å². The first-order valence-corrected chi connectivity index (χ1v) is 9.47. The molecule has 2 aliphatic carbocycles. The van der Waals surface area contributed by atoms with Gasteiger partial charge in [0, 0.05) is 25.6 Å². The fourth-order valence-corrected chi connectivity index (χ4v) is 4.47. The highest BCUT2D eigenvalue weighted by Crippen LogP contribution is 2.49. The van der Waals surface area contributed by atoms with Gasteiger partial charge in [-0.05, 0) is 49.5 Å². The molecule has 5 heteroatoms. The van der Waals surface area contributed by atoms with Crippen molar-refractivity contribution in [3.05, 3.63) is 35.9 Å². The highest BCUT2D eigenvalue weighted by Gasteiger charge is 2.42. The van der Waals surface area contributed by atoms with Gasteiger partial charge in [0.2, 0.25) is 5.91 Å². The smallest absolute Gasteiger partial charge is 0.315 e. The van der Waals surface area contributed by atoms with Gasteiger partial charge >= 0.3 is 6.03 Å². The van der Waals surface area contributed by atoms with Crippen LogP contribution in [0, 0.1) is 17.8 Å². The molecule has 3 amide bonds. The molecular formula is C20H29N3O2. The van der Waals surface area contributed by atoms with E-state index in [1.165, 1.54) is 25.7 Å². The lowest BCUT2D eigenvalue weighted by molar-refractivity contribution is -0.122. The summed E-state index contributed by atoms with van der Waals surface area (Å²) in [5, 5.41) is 8.67. The summed E-state index contributed by atoms with van der Waals surface area (Å²) in [6.07, 6.45) is 5.66. The Labute approximate surface area is 150 Å². The number of nitrogens with one attached hydrogen (secondary N) is 3. The summed E-state index contributed by atoms with van der Waals surface area (Å²) in [6, 6.07) is 9.76. The van der Waals surface area contributed by atoms with Gasteiger partial charge in [-0.2, -0.15) is 0 Å². The van der Waals surface area contributed by atoms with Crippen LogP contribution in [0.2, 0.25) is 0 Å². The number of rotatable bonds is 7. The summed E-state index contributed by atoms with van der Waals surface area (Å²) in [6.45, 7) is 2.97. The molecule has 2 bridgehead atoms. The molecule has 3 N–H and O–H groups in total. The predicted octanol–water partition coefficient (Wildman–Crippen LogP) is 2.82. The minimum Gasteiger partial charge on any atom is -0.353 e. The van der Waals surface area contributed by atoms with Crippen molar-refractivity contribution in [1.29, 1.82) is 0 Å². The molecule has 2 fully saturated rings. The fourth-order valence-electron chi connectivity index (χ4n) is 4.47. The second-order valence-corrected chi connectivity index (χ2v) is 7.54. The molecule has 1 aromatic rings. The molecule has 0 aromatic heterocycles. The van der Waals surface area contributed by atoms with Gasteiger partial charge in [0.25, 0.3) is 0 Å². The average Bonchev–Trinajstić information content (AvgIpc) is 3.24. The van der Waals surface area contributed by atoms with Crippen LogP contribution in [-0.4, -0.2) is 24.5 Å². The van der Waals surface area contributed by atoms with E-state index in [0.29, 0.717) is 25.4 Å². The van der Waals surface area contributed by atoms with Gasteiger partial charge < -0.3 is 16.0 Å². The van der Waals surface area contributed by atoms with E-state index >= 15 is 0 Å². The molecule has 0 unspecified atom stereocenters. The van der Waals surface area contributed by atoms with E-state index in [9.17, 15) is 9.59 Å². The Morgan fingerprint density at radius 3 is 2.60 bits per heavy atom. The Bertz CT molecular complexity index is 590. The van der Waals surface area contributed by atoms with E-state index in [4.69, 9.17) is 0 Å². The van der Waals surface area contributed by atoms with Crippen LogP contribution in [0.25, 0.3) is 0 Å². The second-order valence-electron chi connectivity index (χ2n) is 7.54. The molecule has 0 radical (unpaired) electrons. The van der Waals surface area contributed by atoms with Crippen LogP contribution < -0.4 is 16.0 Å². The topological polar surface area (TPSA) is 70.2 Å². The summed E-state index contributed by atoms with van der Waals surface area (Å²) in [4.78, 5) is 23.9. The van der Waals surface area contributed by atoms with E-state index in [-0.39, 0.29) is 18.0 Å². The van der Waals surface area contributed by atoms with E-state index < -0.39 is 0 Å². The first-order valence-electron chi connectivity index (χ1n) is 9.47. The molecule has 1 aromatic carbocycles. The van der Waals surface area contributed by atoms with E-state index in [1.807, 2.05) is 30.3 Å². The predicted molar refractivity (Wildman–Crippen MR) is 97.8 cm³/mol. The highest BCUT2D eigenvalue weighted by atomic mass is 16.2. The van der Waals surface area contributed by atoms with E-state index in [1.54, 1.807) is 0 Å². The Morgan fingerprint density at radius 1 is 1.12 bits per heavy atom. The Balaban J connectivity index is 1.29. The molecule has 0 heterocycles. The molecule has 4 atom stereocenters. The van der Waals surface area contributed by atoms with Gasteiger partial charge in [-0.15, -0.1) is 0 Å². The minimum absolute atomic E-state index is 0.0265. The van der Waals surface area contributed by atoms with Crippen LogP contribution in [0.3, 0.4) is 0 Å². The number of hydrogen-bond acceptors (Lipinski definition) is 2. The number of fused-ring (bicyclic) bond motifs is 2. The van der Waals surface area contributed by atoms with E-state index in [2.05, 4.69) is 22.9 Å². The molecule has 25 heavy (non-hydrogen) atoms. The molecule has 0 saturated heterocycles. The third kappa shape index (κ3) is 4.97. The molecule has 0 aliphatic heterocycles. The number of hydrogen-bond donors (Lipinski definition) is 3. The zero-order valence-corrected chi connectivity index (χ0v) is 15.0. The fraction of sp³-hybridized carbons (Fsp3) is 0.600. The quantitative estimate of drug-likeness (QED) is 0.712. The summed E-state index contributed by atoms with van der Waals surface area (Å²) in [7, 11) is 0. The minimum atomic E-state index is -0.238. The lowest BCUT2D eigenvalue weighted by Gasteiger charge is -2.28. The average molecular weight is 343 g/mol. The molecule has 3 rings (SSSR count). The Kier molecular flexibility index (Phi) is 5.95. The molecule has 2 saturated carbocycles. The van der Waals surface area contributed by atoms with Crippen molar-refractivity contribution in [2.75, 3.05) is 6.54 Å². The third-order valence-corrected chi connectivity index (χ3v) is 5.76. The standard InChI is InChI=1S/C20H29N3O2/c1-14(18-12-16-7-8-17(18)11-16)23-19(24)9-10-21-20(25)22-13-15-5-3-2-4-6-15/h2-6,14,16-18H,7-13H2,1H3,(H,23,24)(H2,21,22,25)/t14-,16+,17+,18-/m1/s1. The van der Waals surface area contributed by atoms with Crippen molar-refractivity contribution in [2.45, 2.75) is 51.6 Å². The zero-order chi connectivity index (χ0) is 17.6. The van der Waals surface area contributed by atoms with Crippen LogP contribution in [0.4, 0.5) is 4.79 Å². The lowest BCUT2D eigenvalue weighted by Crippen LogP contribution is -2.42. The molecule has 5 nitrogen and oxygen atoms in total. The van der Waals surface area contributed by atoms with Gasteiger partial charge in [-0.25, -0.2) is 4.79 Å². The van der Waals surface area contributed by atoms with Crippen molar-refractivity contribution in [1.82, 2.24) is 16.0 Å². The zero-order valence-electron chi connectivity index (χ0n) is 15.0. The normalized spacial score (nSPS) is 25.4. The molecule has 136 valence electrons. The second kappa shape index (κ2) is 8.37. The van der Waals surface area contributed by atoms with Gasteiger partial charge in [0.1, 0.15) is 0 Å². The van der Waals surface area contributed by atoms with Crippen molar-refractivity contribution >= 4 is 11.9 Å². The van der Waals surface area contributed by atoms with Gasteiger partial charge in [-0.3, -0.25) is 4.79 Å². The molecule has 2 aliphatic rings. The largest absolute Gasteiger partial charge is 0.353 e. The third-order valence-electron chi connectivity index (χ3n) is 5.76. The van der Waals surface area contributed by atoms with Crippen molar-refractivity contribution in [3.63, 3.8) is 0 Å². The van der Waals surface area contributed by atoms with Crippen molar-refractivity contribution < 1.29 is 9.59 Å². The number of urea groups is 1. The number of amides is 3. The van der Waals surface area contributed by atoms with Gasteiger partial charge in [0.15, 0.2) is 0 Å². The summed E-state index contributed by atoms with van der Waals surface area (Å²) >= 11 is 0.